The average molecular weight is 239 g/mol. The number of fused-ring (bicyclic) bond motifs is 3. The third-order valence-electron chi connectivity index (χ3n) is 3.48. The maximum Gasteiger partial charge on any atom is 0.137 e. The summed E-state index contributed by atoms with van der Waals surface area (Å²) in [6.07, 6.45) is 0. The lowest BCUT2D eigenvalue weighted by molar-refractivity contribution is 0.669. The molecule has 0 bridgehead atoms. The lowest BCUT2D eigenvalue weighted by Gasteiger charge is -2.21. The number of para-hydroxylation sites is 1. The van der Waals surface area contributed by atoms with E-state index in [1.807, 2.05) is 18.2 Å². The quantitative estimate of drug-likeness (QED) is 0.672. The monoisotopic (exact) mass is 239 g/mol. The van der Waals surface area contributed by atoms with Gasteiger partial charge in [-0.3, -0.25) is 0 Å². The van der Waals surface area contributed by atoms with Crippen molar-refractivity contribution in [3.8, 4) is 0 Å². The Kier molecular flexibility index (Phi) is 2.71. The van der Waals surface area contributed by atoms with Gasteiger partial charge in [0.25, 0.3) is 0 Å². The van der Waals surface area contributed by atoms with Crippen molar-refractivity contribution >= 4 is 27.6 Å². The van der Waals surface area contributed by atoms with Crippen molar-refractivity contribution in [3.63, 3.8) is 0 Å². The van der Waals surface area contributed by atoms with Crippen LogP contribution in [0.2, 0.25) is 0 Å². The minimum atomic E-state index is 0.965. The predicted molar refractivity (Wildman–Crippen MR) is 77.3 cm³/mol. The van der Waals surface area contributed by atoms with Crippen LogP contribution in [0.15, 0.2) is 46.9 Å². The summed E-state index contributed by atoms with van der Waals surface area (Å²) < 4.78 is 5.91. The second-order valence-corrected chi connectivity index (χ2v) is 4.42. The van der Waals surface area contributed by atoms with Crippen LogP contribution in [0.5, 0.6) is 0 Å². The van der Waals surface area contributed by atoms with Crippen LogP contribution < -0.4 is 4.90 Å². The topological polar surface area (TPSA) is 16.4 Å². The highest BCUT2D eigenvalue weighted by Crippen LogP contribution is 2.35. The van der Waals surface area contributed by atoms with Gasteiger partial charge in [-0.15, -0.1) is 0 Å². The number of rotatable bonds is 3. The van der Waals surface area contributed by atoms with E-state index in [4.69, 9.17) is 4.42 Å². The molecular formula is C16H17NO. The Bertz CT molecular complexity index is 680. The first-order valence-corrected chi connectivity index (χ1v) is 6.50. The number of benzene rings is 2. The Labute approximate surface area is 107 Å². The molecule has 18 heavy (non-hydrogen) atoms. The molecule has 0 saturated carbocycles. The molecule has 0 saturated heterocycles. The summed E-state index contributed by atoms with van der Waals surface area (Å²) in [6.45, 7) is 6.39. The number of hydrogen-bond acceptors (Lipinski definition) is 2. The number of nitrogens with zero attached hydrogens (tertiary/aromatic N) is 1. The van der Waals surface area contributed by atoms with Gasteiger partial charge in [0, 0.05) is 24.2 Å². The zero-order chi connectivity index (χ0) is 12.5. The molecule has 0 aliphatic heterocycles. The van der Waals surface area contributed by atoms with E-state index in [2.05, 4.69) is 43.0 Å². The van der Waals surface area contributed by atoms with Gasteiger partial charge in [0.15, 0.2) is 0 Å². The molecular weight excluding hydrogens is 222 g/mol. The second kappa shape index (κ2) is 4.37. The van der Waals surface area contributed by atoms with Gasteiger partial charge in [0.2, 0.25) is 0 Å². The van der Waals surface area contributed by atoms with Crippen molar-refractivity contribution < 1.29 is 4.42 Å². The van der Waals surface area contributed by atoms with Gasteiger partial charge in [-0.1, -0.05) is 24.3 Å². The van der Waals surface area contributed by atoms with E-state index in [9.17, 15) is 0 Å². The maximum atomic E-state index is 5.91. The third kappa shape index (κ3) is 1.57. The Morgan fingerprint density at radius 2 is 1.61 bits per heavy atom. The number of furan rings is 1. The SMILES string of the molecule is CCN(CC)c1cccc2oc3ccccc3c12. The molecule has 2 aromatic carbocycles. The minimum absolute atomic E-state index is 0.965. The molecule has 0 unspecified atom stereocenters. The molecule has 0 amide bonds. The van der Waals surface area contributed by atoms with E-state index in [1.165, 1.54) is 16.5 Å². The Balaban J connectivity index is 2.38. The summed E-state index contributed by atoms with van der Waals surface area (Å²) in [5, 5.41) is 2.44. The van der Waals surface area contributed by atoms with Gasteiger partial charge in [0.1, 0.15) is 11.2 Å². The van der Waals surface area contributed by atoms with E-state index in [1.54, 1.807) is 0 Å². The molecule has 2 heteroatoms. The summed E-state index contributed by atoms with van der Waals surface area (Å²) in [4.78, 5) is 2.37. The predicted octanol–water partition coefficient (Wildman–Crippen LogP) is 4.43. The van der Waals surface area contributed by atoms with Crippen LogP contribution in [0.25, 0.3) is 21.9 Å². The summed E-state index contributed by atoms with van der Waals surface area (Å²) in [7, 11) is 0. The standard InChI is InChI=1S/C16H17NO/c1-3-17(4-2)13-9-7-11-15-16(13)12-8-5-6-10-14(12)18-15/h5-11H,3-4H2,1-2H3. The molecule has 3 rings (SSSR count). The van der Waals surface area contributed by atoms with Crippen LogP contribution in [-0.4, -0.2) is 13.1 Å². The Hall–Kier alpha value is -1.96. The van der Waals surface area contributed by atoms with E-state index in [-0.39, 0.29) is 0 Å². The molecule has 0 radical (unpaired) electrons. The molecule has 0 atom stereocenters. The van der Waals surface area contributed by atoms with E-state index >= 15 is 0 Å². The van der Waals surface area contributed by atoms with E-state index < -0.39 is 0 Å². The highest BCUT2D eigenvalue weighted by atomic mass is 16.3. The van der Waals surface area contributed by atoms with Gasteiger partial charge in [-0.05, 0) is 32.0 Å². The average Bonchev–Trinajstić information content (AvgIpc) is 2.79. The van der Waals surface area contributed by atoms with Crippen LogP contribution in [0, 0.1) is 0 Å². The van der Waals surface area contributed by atoms with Gasteiger partial charge >= 0.3 is 0 Å². The molecule has 1 aromatic heterocycles. The number of hydrogen-bond donors (Lipinski definition) is 0. The van der Waals surface area contributed by atoms with Crippen LogP contribution >= 0.6 is 0 Å². The first-order valence-electron chi connectivity index (χ1n) is 6.50. The van der Waals surface area contributed by atoms with Crippen LogP contribution in [0.3, 0.4) is 0 Å². The molecule has 0 aliphatic carbocycles. The lowest BCUT2D eigenvalue weighted by atomic mass is 10.1. The summed E-state index contributed by atoms with van der Waals surface area (Å²) in [5.74, 6) is 0. The largest absolute Gasteiger partial charge is 0.456 e. The van der Waals surface area contributed by atoms with Crippen LogP contribution in [0.1, 0.15) is 13.8 Å². The van der Waals surface area contributed by atoms with Crippen molar-refractivity contribution in [2.45, 2.75) is 13.8 Å². The lowest BCUT2D eigenvalue weighted by Crippen LogP contribution is -2.21. The third-order valence-corrected chi connectivity index (χ3v) is 3.48. The molecule has 1 heterocycles. The molecule has 3 aromatic rings. The highest BCUT2D eigenvalue weighted by molar-refractivity contribution is 6.11. The van der Waals surface area contributed by atoms with Crippen LogP contribution in [0.4, 0.5) is 5.69 Å². The molecule has 2 nitrogen and oxygen atoms in total. The number of anilines is 1. The minimum Gasteiger partial charge on any atom is -0.456 e. The first kappa shape index (κ1) is 11.1. The smallest absolute Gasteiger partial charge is 0.137 e. The van der Waals surface area contributed by atoms with E-state index in [0.29, 0.717) is 0 Å². The molecule has 92 valence electrons. The molecule has 0 spiro atoms. The Morgan fingerprint density at radius 1 is 0.889 bits per heavy atom. The van der Waals surface area contributed by atoms with Crippen molar-refractivity contribution in [3.05, 3.63) is 42.5 Å². The zero-order valence-electron chi connectivity index (χ0n) is 10.8. The van der Waals surface area contributed by atoms with Gasteiger partial charge in [0.05, 0.1) is 5.39 Å². The van der Waals surface area contributed by atoms with Crippen molar-refractivity contribution in [2.75, 3.05) is 18.0 Å². The summed E-state index contributed by atoms with van der Waals surface area (Å²) >= 11 is 0. The van der Waals surface area contributed by atoms with Gasteiger partial charge in [-0.2, -0.15) is 0 Å². The fraction of sp³-hybridized carbons (Fsp3) is 0.250. The maximum absolute atomic E-state index is 5.91. The summed E-state index contributed by atoms with van der Waals surface area (Å²) in [5.41, 5.74) is 3.20. The molecule has 0 aliphatic rings. The fourth-order valence-corrected chi connectivity index (χ4v) is 2.58. The van der Waals surface area contributed by atoms with Gasteiger partial charge in [-0.25, -0.2) is 0 Å². The van der Waals surface area contributed by atoms with Crippen molar-refractivity contribution in [1.82, 2.24) is 0 Å². The highest BCUT2D eigenvalue weighted by Gasteiger charge is 2.13. The fourth-order valence-electron chi connectivity index (χ4n) is 2.58. The summed E-state index contributed by atoms with van der Waals surface area (Å²) in [6, 6.07) is 14.5. The molecule has 0 N–H and O–H groups in total. The van der Waals surface area contributed by atoms with Crippen molar-refractivity contribution in [1.29, 1.82) is 0 Å². The first-order chi connectivity index (χ1) is 8.85. The van der Waals surface area contributed by atoms with Crippen molar-refractivity contribution in [2.24, 2.45) is 0 Å². The van der Waals surface area contributed by atoms with Gasteiger partial charge < -0.3 is 9.32 Å². The molecule has 0 fully saturated rings. The van der Waals surface area contributed by atoms with E-state index in [0.717, 1.165) is 24.3 Å². The zero-order valence-corrected chi connectivity index (χ0v) is 10.8. The van der Waals surface area contributed by atoms with Crippen LogP contribution in [-0.2, 0) is 0 Å². The Morgan fingerprint density at radius 3 is 2.39 bits per heavy atom. The normalized spacial score (nSPS) is 11.2. The second-order valence-electron chi connectivity index (χ2n) is 4.42.